The first-order chi connectivity index (χ1) is 9.16. The molecule has 0 bridgehead atoms. The number of amides is 2. The third kappa shape index (κ3) is 4.07. The van der Waals surface area contributed by atoms with E-state index in [2.05, 4.69) is 10.2 Å². The Hall–Kier alpha value is -1.34. The number of nitrogens with one attached hydrogen (secondary N) is 1. The van der Waals surface area contributed by atoms with Gasteiger partial charge in [0.25, 0.3) is 0 Å². The number of rotatable bonds is 4. The quantitative estimate of drug-likeness (QED) is 0.725. The van der Waals surface area contributed by atoms with Gasteiger partial charge in [0.2, 0.25) is 0 Å². The van der Waals surface area contributed by atoms with Crippen molar-refractivity contribution < 1.29 is 19.4 Å². The molecule has 2 aliphatic rings. The standard InChI is InChI=1S/C12H21N3O4/c16-11(17)10-9-15(7-8-19-10)12(18)13-3-6-14-4-1-2-5-14/h10H,1-9H2,(H,13,18)(H,16,17). The van der Waals surface area contributed by atoms with Crippen LogP contribution in [0.5, 0.6) is 0 Å². The lowest BCUT2D eigenvalue weighted by Crippen LogP contribution is -2.52. The molecule has 2 aliphatic heterocycles. The number of morpholine rings is 1. The van der Waals surface area contributed by atoms with Crippen molar-refractivity contribution in [3.63, 3.8) is 0 Å². The van der Waals surface area contributed by atoms with E-state index in [1.54, 1.807) is 0 Å². The first kappa shape index (κ1) is 14.1. The molecule has 19 heavy (non-hydrogen) atoms. The molecule has 0 aliphatic carbocycles. The van der Waals surface area contributed by atoms with Crippen molar-refractivity contribution in [1.29, 1.82) is 0 Å². The molecule has 7 heteroatoms. The van der Waals surface area contributed by atoms with E-state index in [0.717, 1.165) is 19.6 Å². The first-order valence-electron chi connectivity index (χ1n) is 6.76. The van der Waals surface area contributed by atoms with Gasteiger partial charge in [-0.1, -0.05) is 0 Å². The minimum absolute atomic E-state index is 0.116. The van der Waals surface area contributed by atoms with Crippen LogP contribution in [0.1, 0.15) is 12.8 Å². The molecular formula is C12H21N3O4. The number of carboxylic acids is 1. The van der Waals surface area contributed by atoms with Gasteiger partial charge in [0.1, 0.15) is 0 Å². The third-order valence-electron chi connectivity index (χ3n) is 3.53. The Balaban J connectivity index is 1.68. The van der Waals surface area contributed by atoms with Crippen molar-refractivity contribution in [2.24, 2.45) is 0 Å². The lowest BCUT2D eigenvalue weighted by molar-refractivity contribution is -0.154. The summed E-state index contributed by atoms with van der Waals surface area (Å²) in [4.78, 5) is 26.5. The lowest BCUT2D eigenvalue weighted by atomic mass is 10.3. The predicted octanol–water partition coefficient (Wildman–Crippen LogP) is -0.423. The third-order valence-corrected chi connectivity index (χ3v) is 3.53. The highest BCUT2D eigenvalue weighted by atomic mass is 16.5. The summed E-state index contributed by atoms with van der Waals surface area (Å²) >= 11 is 0. The molecule has 1 unspecified atom stereocenters. The fraction of sp³-hybridized carbons (Fsp3) is 0.833. The number of likely N-dealkylation sites (tertiary alicyclic amines) is 1. The molecule has 2 heterocycles. The Morgan fingerprint density at radius 2 is 2.00 bits per heavy atom. The Morgan fingerprint density at radius 1 is 1.26 bits per heavy atom. The van der Waals surface area contributed by atoms with Crippen LogP contribution in [0.4, 0.5) is 4.79 Å². The number of urea groups is 1. The molecular weight excluding hydrogens is 250 g/mol. The molecule has 2 fully saturated rings. The maximum Gasteiger partial charge on any atom is 0.334 e. The molecule has 0 radical (unpaired) electrons. The Morgan fingerprint density at radius 3 is 2.68 bits per heavy atom. The summed E-state index contributed by atoms with van der Waals surface area (Å²) in [6.45, 7) is 4.51. The van der Waals surface area contributed by atoms with Crippen molar-refractivity contribution in [2.45, 2.75) is 18.9 Å². The van der Waals surface area contributed by atoms with E-state index in [1.807, 2.05) is 0 Å². The number of carbonyl (C=O) groups excluding carboxylic acids is 1. The highest BCUT2D eigenvalue weighted by molar-refractivity contribution is 5.77. The Bertz CT molecular complexity index is 331. The van der Waals surface area contributed by atoms with Crippen LogP contribution in [0.15, 0.2) is 0 Å². The van der Waals surface area contributed by atoms with E-state index < -0.39 is 12.1 Å². The number of aliphatic carboxylic acids is 1. The number of hydrogen-bond acceptors (Lipinski definition) is 4. The molecule has 0 spiro atoms. The molecule has 2 amide bonds. The van der Waals surface area contributed by atoms with Crippen LogP contribution in [0, 0.1) is 0 Å². The van der Waals surface area contributed by atoms with E-state index in [1.165, 1.54) is 17.7 Å². The van der Waals surface area contributed by atoms with Gasteiger partial charge in [0.05, 0.1) is 13.2 Å². The zero-order chi connectivity index (χ0) is 13.7. The molecule has 1 atom stereocenters. The number of carbonyl (C=O) groups is 2. The van der Waals surface area contributed by atoms with Crippen LogP contribution in [-0.2, 0) is 9.53 Å². The van der Waals surface area contributed by atoms with Gasteiger partial charge in [-0.2, -0.15) is 0 Å². The average molecular weight is 271 g/mol. The maximum atomic E-state index is 11.9. The zero-order valence-corrected chi connectivity index (χ0v) is 11.0. The topological polar surface area (TPSA) is 82.1 Å². The summed E-state index contributed by atoms with van der Waals surface area (Å²) in [5.41, 5.74) is 0. The van der Waals surface area contributed by atoms with Gasteiger partial charge in [0, 0.05) is 19.6 Å². The van der Waals surface area contributed by atoms with Crippen molar-refractivity contribution in [1.82, 2.24) is 15.1 Å². The molecule has 2 N–H and O–H groups in total. The van der Waals surface area contributed by atoms with Crippen molar-refractivity contribution >= 4 is 12.0 Å². The Kier molecular flexibility index (Phi) is 4.98. The average Bonchev–Trinajstić information content (AvgIpc) is 2.92. The highest BCUT2D eigenvalue weighted by Crippen LogP contribution is 2.07. The van der Waals surface area contributed by atoms with Gasteiger partial charge in [0.15, 0.2) is 6.10 Å². The van der Waals surface area contributed by atoms with E-state index in [9.17, 15) is 9.59 Å². The summed E-state index contributed by atoms with van der Waals surface area (Å²) in [5.74, 6) is -1.02. The predicted molar refractivity (Wildman–Crippen MR) is 68.0 cm³/mol. The maximum absolute atomic E-state index is 11.9. The van der Waals surface area contributed by atoms with Crippen molar-refractivity contribution in [3.05, 3.63) is 0 Å². The van der Waals surface area contributed by atoms with E-state index >= 15 is 0 Å². The summed E-state index contributed by atoms with van der Waals surface area (Å²) in [7, 11) is 0. The van der Waals surface area contributed by atoms with Gasteiger partial charge in [-0.15, -0.1) is 0 Å². The number of carboxylic acid groups (broad SMARTS) is 1. The normalized spacial score (nSPS) is 24.4. The monoisotopic (exact) mass is 271 g/mol. The first-order valence-corrected chi connectivity index (χ1v) is 6.76. The molecule has 0 saturated carbocycles. The fourth-order valence-corrected chi connectivity index (χ4v) is 2.42. The number of ether oxygens (including phenoxy) is 1. The lowest BCUT2D eigenvalue weighted by Gasteiger charge is -2.31. The molecule has 0 aromatic carbocycles. The zero-order valence-electron chi connectivity index (χ0n) is 11.0. The van der Waals surface area contributed by atoms with Crippen LogP contribution in [0.3, 0.4) is 0 Å². The second-order valence-electron chi connectivity index (χ2n) is 4.92. The van der Waals surface area contributed by atoms with Crippen LogP contribution in [-0.4, -0.2) is 78.9 Å². The van der Waals surface area contributed by atoms with Crippen molar-refractivity contribution in [2.75, 3.05) is 45.9 Å². The van der Waals surface area contributed by atoms with Gasteiger partial charge >= 0.3 is 12.0 Å². The number of hydrogen-bond donors (Lipinski definition) is 2. The fourth-order valence-electron chi connectivity index (χ4n) is 2.42. The van der Waals surface area contributed by atoms with Crippen LogP contribution >= 0.6 is 0 Å². The highest BCUT2D eigenvalue weighted by Gasteiger charge is 2.28. The van der Waals surface area contributed by atoms with E-state index in [-0.39, 0.29) is 19.2 Å². The largest absolute Gasteiger partial charge is 0.479 e. The van der Waals surface area contributed by atoms with Gasteiger partial charge in [-0.05, 0) is 25.9 Å². The summed E-state index contributed by atoms with van der Waals surface area (Å²) in [6.07, 6.45) is 1.56. The molecule has 0 aromatic heterocycles. The van der Waals surface area contributed by atoms with E-state index in [0.29, 0.717) is 13.1 Å². The second-order valence-corrected chi connectivity index (χ2v) is 4.92. The van der Waals surface area contributed by atoms with Crippen LogP contribution in [0.25, 0.3) is 0 Å². The molecule has 2 rings (SSSR count). The minimum atomic E-state index is -1.02. The van der Waals surface area contributed by atoms with Gasteiger partial charge in [-0.3, -0.25) is 0 Å². The molecule has 7 nitrogen and oxygen atoms in total. The van der Waals surface area contributed by atoms with Crippen LogP contribution < -0.4 is 5.32 Å². The van der Waals surface area contributed by atoms with Gasteiger partial charge in [-0.25, -0.2) is 9.59 Å². The van der Waals surface area contributed by atoms with Crippen molar-refractivity contribution in [3.8, 4) is 0 Å². The number of nitrogens with zero attached hydrogens (tertiary/aromatic N) is 2. The molecule has 108 valence electrons. The summed E-state index contributed by atoms with van der Waals surface area (Å²) in [6, 6.07) is -0.200. The Labute approximate surface area is 112 Å². The van der Waals surface area contributed by atoms with Gasteiger partial charge < -0.3 is 25.0 Å². The van der Waals surface area contributed by atoms with Crippen LogP contribution in [0.2, 0.25) is 0 Å². The second kappa shape index (κ2) is 6.72. The van der Waals surface area contributed by atoms with E-state index in [4.69, 9.17) is 9.84 Å². The SMILES string of the molecule is O=C(O)C1CN(C(=O)NCCN2CCCC2)CCO1. The minimum Gasteiger partial charge on any atom is -0.479 e. The summed E-state index contributed by atoms with van der Waals surface area (Å²) in [5, 5.41) is 11.7. The molecule has 2 saturated heterocycles. The summed E-state index contributed by atoms with van der Waals surface area (Å²) < 4.78 is 5.08. The molecule has 0 aromatic rings. The smallest absolute Gasteiger partial charge is 0.334 e.